The largest absolute Gasteiger partial charge is 0.292 e. The first-order chi connectivity index (χ1) is 6.65. The number of hydrogen-bond donors (Lipinski definition) is 0. The summed E-state index contributed by atoms with van der Waals surface area (Å²) in [5.41, 5.74) is 1.71. The van der Waals surface area contributed by atoms with Gasteiger partial charge in [0.1, 0.15) is 5.69 Å². The number of rotatable bonds is 4. The van der Waals surface area contributed by atoms with Gasteiger partial charge in [0.2, 0.25) is 0 Å². The molecule has 1 aromatic rings. The highest BCUT2D eigenvalue weighted by Gasteiger charge is 2.12. The lowest BCUT2D eigenvalue weighted by molar-refractivity contribution is 0.0962. The average Bonchev–Trinajstić information content (AvgIpc) is 2.16. The lowest BCUT2D eigenvalue weighted by Crippen LogP contribution is -2.08. The molecule has 76 valence electrons. The van der Waals surface area contributed by atoms with E-state index in [0.717, 1.165) is 12.0 Å². The molecule has 0 amide bonds. The Bertz CT molecular complexity index is 318. The third-order valence-corrected chi connectivity index (χ3v) is 2.13. The number of hydrogen-bond acceptors (Lipinski definition) is 2. The minimum atomic E-state index is 0.164. The fourth-order valence-electron chi connectivity index (χ4n) is 1.44. The number of pyridine rings is 1. The Kier molecular flexibility index (Phi) is 3.81. The van der Waals surface area contributed by atoms with Crippen LogP contribution in [0.1, 0.15) is 43.2 Å². The average molecular weight is 191 g/mol. The molecule has 1 aromatic heterocycles. The van der Waals surface area contributed by atoms with Gasteiger partial charge in [0, 0.05) is 12.6 Å². The van der Waals surface area contributed by atoms with Gasteiger partial charge >= 0.3 is 0 Å². The predicted octanol–water partition coefficient (Wildman–Crippen LogP) is 2.87. The van der Waals surface area contributed by atoms with E-state index in [2.05, 4.69) is 4.98 Å². The maximum Gasteiger partial charge on any atom is 0.181 e. The predicted molar refractivity (Wildman–Crippen MR) is 57.4 cm³/mol. The maximum atomic E-state index is 11.8. The number of aryl methyl sites for hydroxylation is 1. The van der Waals surface area contributed by atoms with Crippen molar-refractivity contribution in [3.8, 4) is 0 Å². The number of ketones is 1. The van der Waals surface area contributed by atoms with Crippen molar-refractivity contribution in [2.45, 2.75) is 33.6 Å². The van der Waals surface area contributed by atoms with Gasteiger partial charge in [0.25, 0.3) is 0 Å². The molecule has 0 aliphatic heterocycles. The molecule has 0 spiro atoms. The highest BCUT2D eigenvalue weighted by Crippen LogP contribution is 2.12. The van der Waals surface area contributed by atoms with Crippen LogP contribution in [0, 0.1) is 5.92 Å². The fourth-order valence-corrected chi connectivity index (χ4v) is 1.44. The van der Waals surface area contributed by atoms with E-state index in [1.807, 2.05) is 32.9 Å². The zero-order valence-electron chi connectivity index (χ0n) is 9.08. The molecule has 0 N–H and O–H groups in total. The van der Waals surface area contributed by atoms with Gasteiger partial charge in [-0.2, -0.15) is 0 Å². The third kappa shape index (κ3) is 2.66. The van der Waals surface area contributed by atoms with Gasteiger partial charge in [-0.1, -0.05) is 26.8 Å². The van der Waals surface area contributed by atoms with E-state index in [1.54, 1.807) is 6.20 Å². The van der Waals surface area contributed by atoms with E-state index in [-0.39, 0.29) is 5.78 Å². The van der Waals surface area contributed by atoms with E-state index >= 15 is 0 Å². The van der Waals surface area contributed by atoms with Crippen LogP contribution >= 0.6 is 0 Å². The Morgan fingerprint density at radius 2 is 2.21 bits per heavy atom. The summed E-state index contributed by atoms with van der Waals surface area (Å²) >= 11 is 0. The number of carbonyl (C=O) groups is 1. The Labute approximate surface area is 85.4 Å². The SMILES string of the molecule is CCc1cccnc1C(=O)CC(C)C. The van der Waals surface area contributed by atoms with Crippen molar-refractivity contribution in [3.63, 3.8) is 0 Å². The van der Waals surface area contributed by atoms with Crippen LogP contribution in [-0.2, 0) is 6.42 Å². The van der Waals surface area contributed by atoms with Crippen LogP contribution in [0.5, 0.6) is 0 Å². The summed E-state index contributed by atoms with van der Waals surface area (Å²) in [5.74, 6) is 0.562. The summed E-state index contributed by atoms with van der Waals surface area (Å²) in [6.45, 7) is 6.14. The van der Waals surface area contributed by atoms with Crippen molar-refractivity contribution in [1.82, 2.24) is 4.98 Å². The molecule has 0 aliphatic rings. The minimum absolute atomic E-state index is 0.164. The Hall–Kier alpha value is -1.18. The first kappa shape index (κ1) is 10.9. The quantitative estimate of drug-likeness (QED) is 0.685. The third-order valence-electron chi connectivity index (χ3n) is 2.13. The van der Waals surface area contributed by atoms with Crippen molar-refractivity contribution >= 4 is 5.78 Å². The Balaban J connectivity index is 2.88. The lowest BCUT2D eigenvalue weighted by atomic mass is 10.0. The normalized spacial score (nSPS) is 10.6. The van der Waals surface area contributed by atoms with Crippen molar-refractivity contribution < 1.29 is 4.79 Å². The number of aromatic nitrogens is 1. The molecule has 0 saturated heterocycles. The van der Waals surface area contributed by atoms with E-state index in [0.29, 0.717) is 18.0 Å². The van der Waals surface area contributed by atoms with Gasteiger partial charge in [-0.25, -0.2) is 0 Å². The minimum Gasteiger partial charge on any atom is -0.292 e. The summed E-state index contributed by atoms with van der Waals surface area (Å²) in [6.07, 6.45) is 3.14. The molecule has 1 heterocycles. The molecule has 1 rings (SSSR count). The Morgan fingerprint density at radius 3 is 2.79 bits per heavy atom. The molecule has 0 aromatic carbocycles. The number of Topliss-reactive ketones (excluding diaryl/α,β-unsaturated/α-hetero) is 1. The summed E-state index contributed by atoms with van der Waals surface area (Å²) in [5, 5.41) is 0. The van der Waals surface area contributed by atoms with Crippen LogP contribution in [0.3, 0.4) is 0 Å². The molecule has 0 bridgehead atoms. The van der Waals surface area contributed by atoms with Gasteiger partial charge in [-0.3, -0.25) is 9.78 Å². The number of carbonyl (C=O) groups excluding carboxylic acids is 1. The zero-order chi connectivity index (χ0) is 10.6. The topological polar surface area (TPSA) is 30.0 Å². The Morgan fingerprint density at radius 1 is 1.50 bits per heavy atom. The van der Waals surface area contributed by atoms with Crippen LogP contribution in [0.2, 0.25) is 0 Å². The highest BCUT2D eigenvalue weighted by atomic mass is 16.1. The van der Waals surface area contributed by atoms with Crippen molar-refractivity contribution in [2.24, 2.45) is 5.92 Å². The van der Waals surface area contributed by atoms with Gasteiger partial charge < -0.3 is 0 Å². The second-order valence-corrected chi connectivity index (χ2v) is 3.89. The standard InChI is InChI=1S/C12H17NO/c1-4-10-6-5-7-13-12(10)11(14)8-9(2)3/h5-7,9H,4,8H2,1-3H3. The van der Waals surface area contributed by atoms with Crippen molar-refractivity contribution in [1.29, 1.82) is 0 Å². The van der Waals surface area contributed by atoms with E-state index in [9.17, 15) is 4.79 Å². The summed E-state index contributed by atoms with van der Waals surface area (Å²) in [7, 11) is 0. The number of nitrogens with zero attached hydrogens (tertiary/aromatic N) is 1. The van der Waals surface area contributed by atoms with Gasteiger partial charge in [-0.15, -0.1) is 0 Å². The lowest BCUT2D eigenvalue weighted by Gasteiger charge is -2.06. The molecule has 2 heteroatoms. The molecular weight excluding hydrogens is 174 g/mol. The van der Waals surface area contributed by atoms with Crippen LogP contribution in [0.15, 0.2) is 18.3 Å². The fraction of sp³-hybridized carbons (Fsp3) is 0.500. The molecule has 0 atom stereocenters. The summed E-state index contributed by atoms with van der Waals surface area (Å²) in [6, 6.07) is 3.85. The van der Waals surface area contributed by atoms with Gasteiger partial charge in [0.05, 0.1) is 0 Å². The van der Waals surface area contributed by atoms with E-state index in [4.69, 9.17) is 0 Å². The van der Waals surface area contributed by atoms with E-state index in [1.165, 1.54) is 0 Å². The van der Waals surface area contributed by atoms with Crippen molar-refractivity contribution in [3.05, 3.63) is 29.6 Å². The molecule has 0 unspecified atom stereocenters. The van der Waals surface area contributed by atoms with Gasteiger partial charge in [0.15, 0.2) is 5.78 Å². The smallest absolute Gasteiger partial charge is 0.181 e. The van der Waals surface area contributed by atoms with Crippen LogP contribution in [0.4, 0.5) is 0 Å². The zero-order valence-corrected chi connectivity index (χ0v) is 9.08. The molecule has 2 nitrogen and oxygen atoms in total. The molecular formula is C12H17NO. The van der Waals surface area contributed by atoms with Crippen LogP contribution in [-0.4, -0.2) is 10.8 Å². The second-order valence-electron chi connectivity index (χ2n) is 3.89. The molecule has 14 heavy (non-hydrogen) atoms. The molecule has 0 fully saturated rings. The van der Waals surface area contributed by atoms with E-state index < -0.39 is 0 Å². The first-order valence-electron chi connectivity index (χ1n) is 5.12. The molecule has 0 saturated carbocycles. The molecule has 0 radical (unpaired) electrons. The highest BCUT2D eigenvalue weighted by molar-refractivity contribution is 5.95. The summed E-state index contributed by atoms with van der Waals surface area (Å²) in [4.78, 5) is 15.9. The van der Waals surface area contributed by atoms with Gasteiger partial charge in [-0.05, 0) is 24.0 Å². The van der Waals surface area contributed by atoms with Crippen molar-refractivity contribution in [2.75, 3.05) is 0 Å². The monoisotopic (exact) mass is 191 g/mol. The summed E-state index contributed by atoms with van der Waals surface area (Å²) < 4.78 is 0. The van der Waals surface area contributed by atoms with Crippen LogP contribution < -0.4 is 0 Å². The second kappa shape index (κ2) is 4.89. The molecule has 0 aliphatic carbocycles. The first-order valence-corrected chi connectivity index (χ1v) is 5.12. The maximum absolute atomic E-state index is 11.8. The van der Waals surface area contributed by atoms with Crippen LogP contribution in [0.25, 0.3) is 0 Å².